The minimum absolute atomic E-state index is 0.874. The summed E-state index contributed by atoms with van der Waals surface area (Å²) in [6.45, 7) is 6.64. The molecule has 25 aromatic rings. The van der Waals surface area contributed by atoms with E-state index in [9.17, 15) is 0 Å². The molecular formula is C121H82N4O2S2. The summed E-state index contributed by atoms with van der Waals surface area (Å²) in [5, 5.41) is 19.9. The van der Waals surface area contributed by atoms with Gasteiger partial charge in [-0.2, -0.15) is 0 Å². The Morgan fingerprint density at radius 3 is 0.977 bits per heavy atom. The maximum Gasteiger partial charge on any atom is 0.159 e. The van der Waals surface area contributed by atoms with Crippen molar-refractivity contribution in [2.45, 2.75) is 20.8 Å². The topological polar surface area (TPSA) is 39.2 Å². The second-order valence-corrected chi connectivity index (χ2v) is 35.6. The van der Waals surface area contributed by atoms with E-state index in [4.69, 9.17) is 8.83 Å². The molecule has 4 aromatic heterocycles. The summed E-state index contributed by atoms with van der Waals surface area (Å²) in [5.74, 6) is 0. The van der Waals surface area contributed by atoms with Gasteiger partial charge in [0.25, 0.3) is 0 Å². The van der Waals surface area contributed by atoms with Crippen molar-refractivity contribution in [2.75, 3.05) is 19.6 Å². The van der Waals surface area contributed by atoms with Crippen molar-refractivity contribution in [3.05, 3.63) is 460 Å². The minimum atomic E-state index is 0.874. The molecule has 0 unspecified atom stereocenters. The van der Waals surface area contributed by atoms with Crippen LogP contribution >= 0.6 is 22.7 Å². The number of rotatable bonds is 15. The normalized spacial score (nSPS) is 11.7. The average Bonchev–Trinajstić information content (AvgIpc) is 1.59. The van der Waals surface area contributed by atoms with Gasteiger partial charge in [-0.1, -0.05) is 309 Å². The number of anilines is 12. The molecule has 0 amide bonds. The van der Waals surface area contributed by atoms with Gasteiger partial charge in [0.2, 0.25) is 0 Å². The van der Waals surface area contributed by atoms with Crippen LogP contribution in [0.3, 0.4) is 0 Å². The van der Waals surface area contributed by atoms with Gasteiger partial charge in [0.15, 0.2) is 11.2 Å². The van der Waals surface area contributed by atoms with Crippen LogP contribution in [-0.4, -0.2) is 0 Å². The zero-order valence-corrected chi connectivity index (χ0v) is 72.7. The number of benzene rings is 21. The molecule has 0 aliphatic carbocycles. The fourth-order valence-electron chi connectivity index (χ4n) is 20.0. The molecule has 129 heavy (non-hydrogen) atoms. The lowest BCUT2D eigenvalue weighted by molar-refractivity contribution is 0.668. The molecule has 0 radical (unpaired) electrons. The molecule has 0 saturated carbocycles. The van der Waals surface area contributed by atoms with Gasteiger partial charge in [-0.05, 0) is 232 Å². The summed E-state index contributed by atoms with van der Waals surface area (Å²) in [6, 6.07) is 160. The highest BCUT2D eigenvalue weighted by atomic mass is 32.1. The van der Waals surface area contributed by atoms with E-state index in [1.165, 1.54) is 134 Å². The van der Waals surface area contributed by atoms with E-state index in [0.29, 0.717) is 0 Å². The number of nitrogens with zero attached hydrogens (tertiary/aromatic N) is 4. The molecule has 25 rings (SSSR count). The zero-order valence-electron chi connectivity index (χ0n) is 71.1. The number of thiophene rings is 2. The van der Waals surface area contributed by atoms with Gasteiger partial charge in [-0.3, -0.25) is 0 Å². The third kappa shape index (κ3) is 13.3. The monoisotopic (exact) mass is 1690 g/mol. The molecule has 0 fully saturated rings. The van der Waals surface area contributed by atoms with Crippen molar-refractivity contribution in [1.29, 1.82) is 0 Å². The molecule has 0 saturated heterocycles. The van der Waals surface area contributed by atoms with Crippen molar-refractivity contribution < 1.29 is 8.83 Å². The standard InChI is InChI=1S/C62H40N2OS.C59H42N2OS/c1-4-17-42(18-5-1)48-23-12-14-28-56(48)64(45-21-8-3-9-22-45)47-36-38-54-59(40-47)66-62-53-37-33-43(39-55(53)49-24-10-11-26-51(49)60(54)62)41-31-34-46(35-32-41)63(44-19-6-2-7-20-44)57-29-16-27-52-50-25-13-15-30-58(50)65-61(52)57;1-37-33-38(2)57(39(3)34-37)61(43-17-8-5-9-18-43)45-30-32-51-55(36-45)63-59-50-31-27-41(35-52(50)46-19-10-11-21-48(46)56(51)59)40-25-28-44(29-26-40)60(42-15-6-4-7-16-42)53-23-14-22-49-47-20-12-13-24-54(47)62-58(49)53/h1-40H;4-36H,1-3H3. The highest BCUT2D eigenvalue weighted by Crippen LogP contribution is 2.53. The SMILES string of the molecule is Cc1cc(C)c(N(c2ccccc2)c2ccc3c(c2)sc2c4ccc(-c5ccc(N(c6ccccc6)c6cccc7c6oc6ccccc67)cc5)cc4c4ccccc4c32)c(C)c1.c1ccc(-c2ccccc2N(c2ccccc2)c2ccc3c(c2)sc2c4ccc(-c5ccc(N(c6ccccc6)c6cccc7c6oc6ccccc67)cc5)cc4c4ccccc4c32)cc1. The van der Waals surface area contributed by atoms with E-state index < -0.39 is 0 Å². The molecule has 0 aliphatic heterocycles. The fourth-order valence-corrected chi connectivity index (χ4v) is 22.6. The van der Waals surface area contributed by atoms with Gasteiger partial charge in [0.05, 0.1) is 22.7 Å². The van der Waals surface area contributed by atoms with Crippen LogP contribution in [0.2, 0.25) is 0 Å². The Morgan fingerprint density at radius 1 is 0.202 bits per heavy atom. The second-order valence-electron chi connectivity index (χ2n) is 33.5. The van der Waals surface area contributed by atoms with Crippen LogP contribution in [-0.2, 0) is 0 Å². The molecule has 0 aliphatic rings. The molecule has 0 bridgehead atoms. The van der Waals surface area contributed by atoms with E-state index in [1.807, 2.05) is 46.9 Å². The first-order valence-electron chi connectivity index (χ1n) is 44.0. The lowest BCUT2D eigenvalue weighted by Gasteiger charge is -2.29. The minimum Gasteiger partial charge on any atom is -0.454 e. The molecule has 21 aromatic carbocycles. The largest absolute Gasteiger partial charge is 0.454 e. The number of para-hydroxylation sites is 9. The Balaban J connectivity index is 0.000000143. The molecule has 610 valence electrons. The smallest absolute Gasteiger partial charge is 0.159 e. The molecule has 0 spiro atoms. The van der Waals surface area contributed by atoms with Gasteiger partial charge in [0, 0.05) is 124 Å². The first-order valence-corrected chi connectivity index (χ1v) is 45.6. The van der Waals surface area contributed by atoms with E-state index in [-0.39, 0.29) is 0 Å². The predicted molar refractivity (Wildman–Crippen MR) is 552 cm³/mol. The number of aryl methyl sites for hydroxylation is 3. The Kier molecular flexibility index (Phi) is 18.9. The Labute approximate surface area is 754 Å². The van der Waals surface area contributed by atoms with Gasteiger partial charge in [-0.25, -0.2) is 0 Å². The maximum atomic E-state index is 6.56. The van der Waals surface area contributed by atoms with E-state index in [0.717, 1.165) is 112 Å². The number of hydrogen-bond acceptors (Lipinski definition) is 8. The van der Waals surface area contributed by atoms with Crippen LogP contribution in [0.1, 0.15) is 16.7 Å². The lowest BCUT2D eigenvalue weighted by Crippen LogP contribution is -2.13. The van der Waals surface area contributed by atoms with E-state index in [2.05, 4.69) is 459 Å². The molecule has 6 nitrogen and oxygen atoms in total. The third-order valence-corrected chi connectivity index (χ3v) is 28.0. The molecule has 8 heteroatoms. The van der Waals surface area contributed by atoms with Crippen LogP contribution in [0.15, 0.2) is 452 Å². The summed E-state index contributed by atoms with van der Waals surface area (Å²) in [4.78, 5) is 9.43. The van der Waals surface area contributed by atoms with Crippen molar-refractivity contribution in [3.63, 3.8) is 0 Å². The van der Waals surface area contributed by atoms with Crippen LogP contribution in [0, 0.1) is 20.8 Å². The predicted octanol–water partition coefficient (Wildman–Crippen LogP) is 36.3. The van der Waals surface area contributed by atoms with Gasteiger partial charge >= 0.3 is 0 Å². The molecule has 4 heterocycles. The number of fused-ring (bicyclic) bond motifs is 22. The summed E-state index contributed by atoms with van der Waals surface area (Å²) in [7, 11) is 0. The Hall–Kier alpha value is -16.1. The van der Waals surface area contributed by atoms with Crippen LogP contribution < -0.4 is 19.6 Å². The highest BCUT2D eigenvalue weighted by Gasteiger charge is 2.27. The van der Waals surface area contributed by atoms with Crippen molar-refractivity contribution in [3.8, 4) is 33.4 Å². The average molecular weight is 1690 g/mol. The third-order valence-electron chi connectivity index (χ3n) is 25.7. The summed E-state index contributed by atoms with van der Waals surface area (Å²) in [5.41, 5.74) is 27.7. The Bertz CT molecular complexity index is 8640. The van der Waals surface area contributed by atoms with Gasteiger partial charge in [0.1, 0.15) is 11.2 Å². The number of furan rings is 2. The first-order chi connectivity index (χ1) is 63.7. The molecular weight excluding hydrogens is 1610 g/mol. The first kappa shape index (κ1) is 76.5. The molecule has 0 N–H and O–H groups in total. The van der Waals surface area contributed by atoms with E-state index >= 15 is 0 Å². The summed E-state index contributed by atoms with van der Waals surface area (Å²) < 4.78 is 18.3. The zero-order chi connectivity index (χ0) is 85.7. The second kappa shape index (κ2) is 31.8. The van der Waals surface area contributed by atoms with Crippen molar-refractivity contribution in [1.82, 2.24) is 0 Å². The summed E-state index contributed by atoms with van der Waals surface area (Å²) >= 11 is 3.80. The van der Waals surface area contributed by atoms with Gasteiger partial charge in [-0.15, -0.1) is 22.7 Å². The summed E-state index contributed by atoms with van der Waals surface area (Å²) in [6.07, 6.45) is 0. The Morgan fingerprint density at radius 2 is 0.527 bits per heavy atom. The maximum absolute atomic E-state index is 6.56. The van der Waals surface area contributed by atoms with Crippen LogP contribution in [0.25, 0.3) is 161 Å². The highest BCUT2D eigenvalue weighted by molar-refractivity contribution is 7.27. The quantitative estimate of drug-likeness (QED) is 0.0953. The van der Waals surface area contributed by atoms with Gasteiger partial charge < -0.3 is 28.4 Å². The fraction of sp³-hybridized carbons (Fsp3) is 0.0248. The molecule has 0 atom stereocenters. The van der Waals surface area contributed by atoms with Crippen LogP contribution in [0.5, 0.6) is 0 Å². The van der Waals surface area contributed by atoms with Crippen LogP contribution in [0.4, 0.5) is 68.2 Å². The number of hydrogen-bond donors (Lipinski definition) is 0. The van der Waals surface area contributed by atoms with E-state index in [1.54, 1.807) is 0 Å². The van der Waals surface area contributed by atoms with Crippen molar-refractivity contribution in [2.24, 2.45) is 0 Å². The lowest BCUT2D eigenvalue weighted by atomic mass is 9.94. The van der Waals surface area contributed by atoms with Crippen molar-refractivity contribution >= 4 is 218 Å².